The van der Waals surface area contributed by atoms with E-state index in [-0.39, 0.29) is 11.9 Å². The summed E-state index contributed by atoms with van der Waals surface area (Å²) in [5, 5.41) is 0. The normalized spacial score (nSPS) is 20.8. The second-order valence-corrected chi connectivity index (χ2v) is 3.27. The van der Waals surface area contributed by atoms with Crippen molar-refractivity contribution in [3.05, 3.63) is 12.2 Å². The highest BCUT2D eigenvalue weighted by Crippen LogP contribution is 2.08. The first-order chi connectivity index (χ1) is 5.70. The van der Waals surface area contributed by atoms with Crippen LogP contribution < -0.4 is 5.73 Å². The first-order valence-electron chi connectivity index (χ1n) is 4.37. The lowest BCUT2D eigenvalue weighted by molar-refractivity contribution is -0.119. The van der Waals surface area contributed by atoms with Gasteiger partial charge in [-0.1, -0.05) is 12.2 Å². The van der Waals surface area contributed by atoms with E-state index < -0.39 is 0 Å². The topological polar surface area (TPSA) is 46.3 Å². The van der Waals surface area contributed by atoms with Crippen LogP contribution in [0.25, 0.3) is 0 Å². The first kappa shape index (κ1) is 9.26. The van der Waals surface area contributed by atoms with Gasteiger partial charge in [-0.05, 0) is 13.3 Å². The van der Waals surface area contributed by atoms with Crippen LogP contribution in [-0.2, 0) is 4.79 Å². The molecule has 1 aliphatic rings. The molecule has 0 aromatic carbocycles. The molecule has 0 aromatic rings. The van der Waals surface area contributed by atoms with E-state index in [2.05, 4.69) is 17.1 Å². The molecule has 0 radical (unpaired) electrons. The van der Waals surface area contributed by atoms with Gasteiger partial charge in [-0.15, -0.1) is 0 Å². The molecule has 1 unspecified atom stereocenters. The lowest BCUT2D eigenvalue weighted by Gasteiger charge is -2.28. The summed E-state index contributed by atoms with van der Waals surface area (Å²) in [6, 6.07) is 0.285. The number of rotatable bonds is 3. The number of hydrogen-bond acceptors (Lipinski definition) is 2. The van der Waals surface area contributed by atoms with Gasteiger partial charge >= 0.3 is 0 Å². The molecule has 0 fully saturated rings. The van der Waals surface area contributed by atoms with E-state index >= 15 is 0 Å². The van der Waals surface area contributed by atoms with Crippen LogP contribution in [-0.4, -0.2) is 29.9 Å². The summed E-state index contributed by atoms with van der Waals surface area (Å²) in [6.07, 6.45) is 5.87. The summed E-state index contributed by atoms with van der Waals surface area (Å²) in [6.45, 7) is 4.04. The number of nitrogens with two attached hydrogens (primary N) is 1. The van der Waals surface area contributed by atoms with Gasteiger partial charge in [0.2, 0.25) is 5.91 Å². The van der Waals surface area contributed by atoms with Gasteiger partial charge in [0.25, 0.3) is 0 Å². The van der Waals surface area contributed by atoms with Crippen LogP contribution in [0.1, 0.15) is 19.8 Å². The minimum Gasteiger partial charge on any atom is -0.370 e. The van der Waals surface area contributed by atoms with E-state index in [0.29, 0.717) is 6.42 Å². The Labute approximate surface area is 73.2 Å². The van der Waals surface area contributed by atoms with Crippen molar-refractivity contribution in [3.63, 3.8) is 0 Å². The van der Waals surface area contributed by atoms with E-state index in [9.17, 15) is 4.79 Å². The zero-order chi connectivity index (χ0) is 8.97. The molecule has 1 amide bonds. The fourth-order valence-corrected chi connectivity index (χ4v) is 1.48. The molecule has 68 valence electrons. The fraction of sp³-hybridized carbons (Fsp3) is 0.667. The smallest absolute Gasteiger partial charge is 0.218 e. The molecule has 1 atom stereocenters. The average Bonchev–Trinajstić information content (AvgIpc) is 2.05. The van der Waals surface area contributed by atoms with Gasteiger partial charge in [0.05, 0.1) is 0 Å². The van der Waals surface area contributed by atoms with Gasteiger partial charge in [0.15, 0.2) is 0 Å². The van der Waals surface area contributed by atoms with E-state index in [0.717, 1.165) is 19.5 Å². The average molecular weight is 168 g/mol. The molecule has 0 saturated heterocycles. The molecule has 1 aliphatic heterocycles. The first-order valence-corrected chi connectivity index (χ1v) is 4.37. The van der Waals surface area contributed by atoms with E-state index in [1.165, 1.54) is 0 Å². The summed E-state index contributed by atoms with van der Waals surface area (Å²) in [7, 11) is 0. The maximum atomic E-state index is 10.6. The van der Waals surface area contributed by atoms with Crippen molar-refractivity contribution in [2.75, 3.05) is 13.1 Å². The molecule has 2 N–H and O–H groups in total. The lowest BCUT2D eigenvalue weighted by atomic mass is 10.1. The Bertz CT molecular complexity index is 189. The summed E-state index contributed by atoms with van der Waals surface area (Å²) in [5.74, 6) is -0.211. The fourth-order valence-electron chi connectivity index (χ4n) is 1.48. The molecular formula is C9H16N2O. The third-order valence-corrected chi connectivity index (χ3v) is 2.21. The van der Waals surface area contributed by atoms with Crippen molar-refractivity contribution in [1.29, 1.82) is 0 Å². The number of carbonyl (C=O) groups is 1. The van der Waals surface area contributed by atoms with Crippen molar-refractivity contribution >= 4 is 5.91 Å². The molecule has 1 heterocycles. The van der Waals surface area contributed by atoms with E-state index in [1.807, 2.05) is 6.92 Å². The number of amides is 1. The number of hydrogen-bond donors (Lipinski definition) is 1. The molecule has 0 bridgehead atoms. The molecular weight excluding hydrogens is 152 g/mol. The largest absolute Gasteiger partial charge is 0.370 e. The van der Waals surface area contributed by atoms with Crippen molar-refractivity contribution in [2.24, 2.45) is 5.73 Å². The molecule has 3 nitrogen and oxygen atoms in total. The van der Waals surface area contributed by atoms with Crippen LogP contribution in [0.5, 0.6) is 0 Å². The van der Waals surface area contributed by atoms with Gasteiger partial charge in [-0.25, -0.2) is 0 Å². The van der Waals surface area contributed by atoms with Gasteiger partial charge < -0.3 is 5.73 Å². The maximum Gasteiger partial charge on any atom is 0.218 e. The summed E-state index contributed by atoms with van der Waals surface area (Å²) in [4.78, 5) is 12.9. The molecule has 0 aromatic heterocycles. The van der Waals surface area contributed by atoms with Crippen LogP contribution in [0.3, 0.4) is 0 Å². The monoisotopic (exact) mass is 168 g/mol. The molecule has 12 heavy (non-hydrogen) atoms. The number of nitrogens with zero attached hydrogens (tertiary/aromatic N) is 1. The molecule has 3 heteroatoms. The van der Waals surface area contributed by atoms with Crippen LogP contribution in [0.2, 0.25) is 0 Å². The molecule has 0 saturated carbocycles. The van der Waals surface area contributed by atoms with Gasteiger partial charge in [-0.3, -0.25) is 9.69 Å². The maximum absolute atomic E-state index is 10.6. The second-order valence-electron chi connectivity index (χ2n) is 3.27. The van der Waals surface area contributed by atoms with Gasteiger partial charge in [0.1, 0.15) is 0 Å². The Hall–Kier alpha value is -0.830. The Morgan fingerprint density at radius 3 is 2.92 bits per heavy atom. The zero-order valence-corrected chi connectivity index (χ0v) is 7.49. The standard InChI is InChI=1S/C9H16N2O/c1-8(7-9(10)12)11-5-3-2-4-6-11/h2-3,8H,4-7H2,1H3,(H2,10,12). The molecule has 0 spiro atoms. The van der Waals surface area contributed by atoms with Crippen molar-refractivity contribution < 1.29 is 4.79 Å². The van der Waals surface area contributed by atoms with Crippen LogP contribution in [0.15, 0.2) is 12.2 Å². The van der Waals surface area contributed by atoms with E-state index in [4.69, 9.17) is 5.73 Å². The Morgan fingerprint density at radius 2 is 2.42 bits per heavy atom. The van der Waals surface area contributed by atoms with E-state index in [1.54, 1.807) is 0 Å². The highest BCUT2D eigenvalue weighted by atomic mass is 16.1. The van der Waals surface area contributed by atoms with Crippen LogP contribution in [0.4, 0.5) is 0 Å². The highest BCUT2D eigenvalue weighted by molar-refractivity contribution is 5.74. The van der Waals surface area contributed by atoms with Crippen molar-refractivity contribution in [1.82, 2.24) is 4.90 Å². The number of primary amides is 1. The summed E-state index contributed by atoms with van der Waals surface area (Å²) in [5.41, 5.74) is 5.12. The number of carbonyl (C=O) groups excluding carboxylic acids is 1. The van der Waals surface area contributed by atoms with Crippen molar-refractivity contribution in [3.8, 4) is 0 Å². The van der Waals surface area contributed by atoms with Crippen molar-refractivity contribution in [2.45, 2.75) is 25.8 Å². The second kappa shape index (κ2) is 4.26. The quantitative estimate of drug-likeness (QED) is 0.624. The highest BCUT2D eigenvalue weighted by Gasteiger charge is 2.15. The SMILES string of the molecule is CC(CC(N)=O)N1CC=CCC1. The van der Waals surface area contributed by atoms with Gasteiger partial charge in [0, 0.05) is 25.6 Å². The third kappa shape index (κ3) is 2.66. The molecule has 0 aliphatic carbocycles. The van der Waals surface area contributed by atoms with Gasteiger partial charge in [-0.2, -0.15) is 0 Å². The van der Waals surface area contributed by atoms with Crippen LogP contribution >= 0.6 is 0 Å². The minimum atomic E-state index is -0.211. The minimum absolute atomic E-state index is 0.211. The Morgan fingerprint density at radius 1 is 1.67 bits per heavy atom. The Balaban J connectivity index is 2.35. The predicted molar refractivity (Wildman–Crippen MR) is 48.6 cm³/mol. The Kier molecular flexibility index (Phi) is 3.29. The lowest BCUT2D eigenvalue weighted by Crippen LogP contribution is -2.38. The third-order valence-electron chi connectivity index (χ3n) is 2.21. The summed E-state index contributed by atoms with van der Waals surface area (Å²) >= 11 is 0. The summed E-state index contributed by atoms with van der Waals surface area (Å²) < 4.78 is 0. The predicted octanol–water partition coefficient (Wildman–Crippen LogP) is 0.512. The van der Waals surface area contributed by atoms with Crippen LogP contribution in [0, 0.1) is 0 Å². The molecule has 1 rings (SSSR count). The zero-order valence-electron chi connectivity index (χ0n) is 7.49.